The van der Waals surface area contributed by atoms with E-state index in [9.17, 15) is 4.39 Å². The van der Waals surface area contributed by atoms with Gasteiger partial charge in [-0.1, -0.05) is 15.9 Å². The zero-order valence-corrected chi connectivity index (χ0v) is 9.62. The Morgan fingerprint density at radius 2 is 2.20 bits per heavy atom. The van der Waals surface area contributed by atoms with Gasteiger partial charge in [0.15, 0.2) is 0 Å². The Balaban J connectivity index is 2.37. The molecule has 0 saturated carbocycles. The minimum Gasteiger partial charge on any atom is -0.356 e. The molecular weight excluding hydrogens is 259 g/mol. The van der Waals surface area contributed by atoms with Gasteiger partial charge in [-0.05, 0) is 17.7 Å². The zero-order valence-electron chi connectivity index (χ0n) is 8.03. The van der Waals surface area contributed by atoms with E-state index >= 15 is 0 Å². The quantitative estimate of drug-likeness (QED) is 0.756. The van der Waals surface area contributed by atoms with E-state index in [1.165, 1.54) is 17.3 Å². The maximum atomic E-state index is 13.7. The van der Waals surface area contributed by atoms with Crippen LogP contribution in [0.2, 0.25) is 0 Å². The van der Waals surface area contributed by atoms with E-state index in [0.717, 1.165) is 29.4 Å². The van der Waals surface area contributed by atoms with Gasteiger partial charge in [-0.3, -0.25) is 0 Å². The van der Waals surface area contributed by atoms with Crippen molar-refractivity contribution in [1.29, 1.82) is 0 Å². The molecule has 2 aromatic rings. The lowest BCUT2D eigenvalue weighted by Gasteiger charge is -2.12. The van der Waals surface area contributed by atoms with E-state index in [1.54, 1.807) is 0 Å². The zero-order chi connectivity index (χ0) is 10.4. The van der Waals surface area contributed by atoms with Crippen molar-refractivity contribution in [2.75, 3.05) is 6.54 Å². The summed E-state index contributed by atoms with van der Waals surface area (Å²) in [5, 5.41) is 4.29. The van der Waals surface area contributed by atoms with Crippen LogP contribution in [0, 0.1) is 5.82 Å². The number of aromatic nitrogens is 1. The summed E-state index contributed by atoms with van der Waals surface area (Å²) >= 11 is 3.32. The predicted octanol–water partition coefficient (Wildman–Crippen LogP) is 2.72. The van der Waals surface area contributed by atoms with Crippen molar-refractivity contribution in [3.63, 3.8) is 0 Å². The number of benzene rings is 1. The van der Waals surface area contributed by atoms with Crippen LogP contribution in [0.1, 0.15) is 11.3 Å². The number of fused-ring (bicyclic) bond motifs is 3. The third-order valence-electron chi connectivity index (χ3n) is 2.87. The fraction of sp³-hybridized carbons (Fsp3) is 0.273. The molecule has 4 heteroatoms. The van der Waals surface area contributed by atoms with Gasteiger partial charge in [-0.25, -0.2) is 4.39 Å². The molecule has 15 heavy (non-hydrogen) atoms. The van der Waals surface area contributed by atoms with E-state index < -0.39 is 0 Å². The van der Waals surface area contributed by atoms with Gasteiger partial charge in [0.25, 0.3) is 0 Å². The highest BCUT2D eigenvalue weighted by Gasteiger charge is 2.17. The van der Waals surface area contributed by atoms with Gasteiger partial charge in [0.1, 0.15) is 5.82 Å². The lowest BCUT2D eigenvalue weighted by Crippen LogP contribution is -2.22. The van der Waals surface area contributed by atoms with Gasteiger partial charge in [-0.2, -0.15) is 0 Å². The van der Waals surface area contributed by atoms with Crippen LogP contribution in [-0.4, -0.2) is 11.5 Å². The van der Waals surface area contributed by atoms with Gasteiger partial charge < -0.3 is 10.3 Å². The smallest absolute Gasteiger partial charge is 0.148 e. The number of nitrogens with one attached hydrogen (secondary N) is 2. The van der Waals surface area contributed by atoms with Crippen LogP contribution in [0.4, 0.5) is 4.39 Å². The van der Waals surface area contributed by atoms with Crippen molar-refractivity contribution in [2.24, 2.45) is 0 Å². The molecular formula is C11H10BrFN2. The van der Waals surface area contributed by atoms with E-state index in [0.29, 0.717) is 5.52 Å². The minimum atomic E-state index is -0.186. The normalized spacial score (nSPS) is 15.6. The summed E-state index contributed by atoms with van der Waals surface area (Å²) in [6.45, 7) is 1.79. The monoisotopic (exact) mass is 268 g/mol. The van der Waals surface area contributed by atoms with Gasteiger partial charge in [0.05, 0.1) is 5.52 Å². The van der Waals surface area contributed by atoms with E-state index in [-0.39, 0.29) is 5.82 Å². The maximum absolute atomic E-state index is 13.7. The van der Waals surface area contributed by atoms with Crippen molar-refractivity contribution in [2.45, 2.75) is 13.0 Å². The summed E-state index contributed by atoms with van der Waals surface area (Å²) in [6, 6.07) is 3.47. The van der Waals surface area contributed by atoms with Gasteiger partial charge >= 0.3 is 0 Å². The number of hydrogen-bond acceptors (Lipinski definition) is 1. The Bertz CT molecular complexity index is 533. The number of halogens is 2. The second-order valence-corrected chi connectivity index (χ2v) is 4.73. The van der Waals surface area contributed by atoms with Crippen LogP contribution in [0.3, 0.4) is 0 Å². The molecule has 0 fully saturated rings. The molecule has 0 atom stereocenters. The topological polar surface area (TPSA) is 27.8 Å². The van der Waals surface area contributed by atoms with E-state index in [2.05, 4.69) is 26.2 Å². The van der Waals surface area contributed by atoms with Gasteiger partial charge in [0, 0.05) is 35.1 Å². The summed E-state index contributed by atoms with van der Waals surface area (Å²) in [6.07, 6.45) is 0.946. The number of hydrogen-bond donors (Lipinski definition) is 2. The summed E-state index contributed by atoms with van der Waals surface area (Å²) in [5.41, 5.74) is 3.00. The maximum Gasteiger partial charge on any atom is 0.148 e. The first-order valence-corrected chi connectivity index (χ1v) is 5.74. The van der Waals surface area contributed by atoms with Crippen LogP contribution in [0.25, 0.3) is 10.9 Å². The molecule has 0 saturated heterocycles. The Morgan fingerprint density at radius 1 is 1.33 bits per heavy atom. The van der Waals surface area contributed by atoms with Crippen LogP contribution < -0.4 is 5.32 Å². The number of rotatable bonds is 0. The van der Waals surface area contributed by atoms with Crippen LogP contribution in [0.5, 0.6) is 0 Å². The summed E-state index contributed by atoms with van der Waals surface area (Å²) in [7, 11) is 0. The Kier molecular flexibility index (Phi) is 2.07. The molecule has 1 aliphatic rings. The number of aromatic amines is 1. The lowest BCUT2D eigenvalue weighted by molar-refractivity contribution is 0.633. The van der Waals surface area contributed by atoms with Crippen molar-refractivity contribution in [3.05, 3.63) is 33.7 Å². The summed E-state index contributed by atoms with van der Waals surface area (Å²) < 4.78 is 14.4. The average molecular weight is 269 g/mol. The molecule has 78 valence electrons. The fourth-order valence-corrected chi connectivity index (χ4v) is 2.60. The van der Waals surface area contributed by atoms with Gasteiger partial charge in [0.2, 0.25) is 0 Å². The molecule has 2 N–H and O–H groups in total. The first-order chi connectivity index (χ1) is 7.25. The van der Waals surface area contributed by atoms with Crippen molar-refractivity contribution >= 4 is 26.8 Å². The molecule has 0 aliphatic carbocycles. The lowest BCUT2D eigenvalue weighted by atomic mass is 10.1. The highest BCUT2D eigenvalue weighted by atomic mass is 79.9. The molecule has 0 bridgehead atoms. The molecule has 0 unspecified atom stereocenters. The molecule has 2 nitrogen and oxygen atoms in total. The largest absolute Gasteiger partial charge is 0.356 e. The average Bonchev–Trinajstić information content (AvgIpc) is 2.57. The van der Waals surface area contributed by atoms with Crippen molar-refractivity contribution < 1.29 is 4.39 Å². The molecule has 1 aromatic carbocycles. The standard InChI is InChI=1S/C11H10BrFN2/c12-6-3-7-8-5-14-2-1-10(8)15-11(7)9(13)4-6/h3-4,14-15H,1-2,5H2. The number of H-pyrrole nitrogens is 1. The molecule has 1 aromatic heterocycles. The minimum absolute atomic E-state index is 0.186. The molecule has 1 aliphatic heterocycles. The SMILES string of the molecule is Fc1cc(Br)cc2c3c([nH]c12)CCNC3. The molecule has 2 heterocycles. The molecule has 0 amide bonds. The predicted molar refractivity (Wildman–Crippen MR) is 61.4 cm³/mol. The fourth-order valence-electron chi connectivity index (χ4n) is 2.17. The van der Waals surface area contributed by atoms with Crippen LogP contribution in [-0.2, 0) is 13.0 Å². The Hall–Kier alpha value is -0.870. The first kappa shape index (κ1) is 9.36. The molecule has 0 spiro atoms. The second kappa shape index (κ2) is 3.32. The Labute approximate surface area is 95.0 Å². The molecule has 0 radical (unpaired) electrons. The summed E-state index contributed by atoms with van der Waals surface area (Å²) in [5.74, 6) is -0.186. The van der Waals surface area contributed by atoms with Crippen LogP contribution >= 0.6 is 15.9 Å². The van der Waals surface area contributed by atoms with Gasteiger partial charge in [-0.15, -0.1) is 0 Å². The highest BCUT2D eigenvalue weighted by Crippen LogP contribution is 2.29. The van der Waals surface area contributed by atoms with E-state index in [1.807, 2.05) is 6.07 Å². The second-order valence-electron chi connectivity index (χ2n) is 3.82. The Morgan fingerprint density at radius 3 is 3.07 bits per heavy atom. The third kappa shape index (κ3) is 1.40. The van der Waals surface area contributed by atoms with Crippen molar-refractivity contribution in [3.8, 4) is 0 Å². The highest BCUT2D eigenvalue weighted by molar-refractivity contribution is 9.10. The first-order valence-electron chi connectivity index (χ1n) is 4.95. The third-order valence-corrected chi connectivity index (χ3v) is 3.33. The molecule has 3 rings (SSSR count). The summed E-state index contributed by atoms with van der Waals surface area (Å²) in [4.78, 5) is 3.18. The van der Waals surface area contributed by atoms with E-state index in [4.69, 9.17) is 0 Å². The van der Waals surface area contributed by atoms with Crippen molar-refractivity contribution in [1.82, 2.24) is 10.3 Å². The van der Waals surface area contributed by atoms with Crippen LogP contribution in [0.15, 0.2) is 16.6 Å².